The monoisotopic (exact) mass is 172 g/mol. The van der Waals surface area contributed by atoms with Gasteiger partial charge in [0.05, 0.1) is 11.6 Å². The molecular weight excluding hydrogens is 160 g/mol. The lowest BCUT2D eigenvalue weighted by Gasteiger charge is -2.01. The second kappa shape index (κ2) is 5.00. The number of anilines is 1. The maximum atomic E-state index is 8.56. The van der Waals surface area contributed by atoms with Gasteiger partial charge >= 0.3 is 0 Å². The Bertz CT molecular complexity index is 317. The van der Waals surface area contributed by atoms with E-state index in [1.54, 1.807) is 12.1 Å². The lowest BCUT2D eigenvalue weighted by molar-refractivity contribution is 1.32. The van der Waals surface area contributed by atoms with Crippen molar-refractivity contribution in [2.24, 2.45) is 0 Å². The Labute approximate surface area is 78.5 Å². The van der Waals surface area contributed by atoms with Gasteiger partial charge in [-0.15, -0.1) is 0 Å². The number of nitrogens with one attached hydrogen (secondary N) is 1. The van der Waals surface area contributed by atoms with Crippen LogP contribution in [0, 0.1) is 11.3 Å². The van der Waals surface area contributed by atoms with Crippen LogP contribution in [0.3, 0.4) is 0 Å². The second-order valence-electron chi connectivity index (χ2n) is 2.64. The predicted molar refractivity (Wildman–Crippen MR) is 54.5 cm³/mol. The molecule has 0 aliphatic carbocycles. The molecule has 0 aliphatic rings. The van der Waals surface area contributed by atoms with Crippen LogP contribution in [0.15, 0.2) is 36.4 Å². The van der Waals surface area contributed by atoms with Crippen LogP contribution in [-0.2, 0) is 0 Å². The average Bonchev–Trinajstić information content (AvgIpc) is 2.19. The molecule has 0 atom stereocenters. The highest BCUT2D eigenvalue weighted by Gasteiger charge is 1.90. The smallest absolute Gasteiger partial charge is 0.0991 e. The first kappa shape index (κ1) is 9.34. The third kappa shape index (κ3) is 3.00. The number of hydrogen-bond acceptors (Lipinski definition) is 2. The highest BCUT2D eigenvalue weighted by Crippen LogP contribution is 2.07. The van der Waals surface area contributed by atoms with E-state index in [0.29, 0.717) is 5.56 Å². The minimum atomic E-state index is 0.691. The molecule has 0 spiro atoms. The zero-order valence-corrected chi connectivity index (χ0v) is 7.62. The van der Waals surface area contributed by atoms with E-state index in [4.69, 9.17) is 5.26 Å². The molecule has 0 saturated carbocycles. The molecule has 1 N–H and O–H groups in total. The zero-order chi connectivity index (χ0) is 9.52. The third-order valence-corrected chi connectivity index (χ3v) is 1.67. The molecule has 0 unspecified atom stereocenters. The number of hydrogen-bond donors (Lipinski definition) is 1. The van der Waals surface area contributed by atoms with Crippen LogP contribution in [0.4, 0.5) is 5.69 Å². The molecule has 2 heteroatoms. The Morgan fingerprint density at radius 3 is 2.62 bits per heavy atom. The van der Waals surface area contributed by atoms with Crippen molar-refractivity contribution in [3.63, 3.8) is 0 Å². The topological polar surface area (TPSA) is 35.8 Å². The molecule has 66 valence electrons. The van der Waals surface area contributed by atoms with Crippen molar-refractivity contribution >= 4 is 5.69 Å². The largest absolute Gasteiger partial charge is 0.382 e. The van der Waals surface area contributed by atoms with Gasteiger partial charge in [0.1, 0.15) is 0 Å². The predicted octanol–water partition coefficient (Wildman–Crippen LogP) is 2.55. The minimum absolute atomic E-state index is 0.691. The number of nitrogens with zero attached hydrogens (tertiary/aromatic N) is 1. The van der Waals surface area contributed by atoms with Crippen molar-refractivity contribution in [3.05, 3.63) is 42.0 Å². The van der Waals surface area contributed by atoms with Crippen molar-refractivity contribution in [2.45, 2.75) is 6.92 Å². The molecular formula is C11H12N2. The van der Waals surface area contributed by atoms with E-state index >= 15 is 0 Å². The number of allylic oxidation sites excluding steroid dienone is 1. The standard InChI is InChI=1S/C11H12N2/c1-2-3-8-13-11-6-4-10(9-12)5-7-11/h2-7,13H,8H2,1H3/b3-2-. The summed E-state index contributed by atoms with van der Waals surface area (Å²) >= 11 is 0. The van der Waals surface area contributed by atoms with Gasteiger partial charge in [0.15, 0.2) is 0 Å². The Morgan fingerprint density at radius 1 is 1.38 bits per heavy atom. The number of nitriles is 1. The molecule has 0 aromatic heterocycles. The fraction of sp³-hybridized carbons (Fsp3) is 0.182. The summed E-state index contributed by atoms with van der Waals surface area (Å²) < 4.78 is 0. The summed E-state index contributed by atoms with van der Waals surface area (Å²) in [4.78, 5) is 0. The minimum Gasteiger partial charge on any atom is -0.382 e. The summed E-state index contributed by atoms with van der Waals surface area (Å²) in [6, 6.07) is 9.50. The van der Waals surface area contributed by atoms with E-state index in [0.717, 1.165) is 12.2 Å². The summed E-state index contributed by atoms with van der Waals surface area (Å²) in [5.74, 6) is 0. The van der Waals surface area contributed by atoms with Crippen LogP contribution in [0.1, 0.15) is 12.5 Å². The first-order valence-electron chi connectivity index (χ1n) is 4.22. The van der Waals surface area contributed by atoms with Crippen molar-refractivity contribution in [3.8, 4) is 6.07 Å². The van der Waals surface area contributed by atoms with E-state index < -0.39 is 0 Å². The number of benzene rings is 1. The summed E-state index contributed by atoms with van der Waals surface area (Å²) in [6.07, 6.45) is 4.04. The summed E-state index contributed by atoms with van der Waals surface area (Å²) in [5.41, 5.74) is 1.73. The summed E-state index contributed by atoms with van der Waals surface area (Å²) in [7, 11) is 0. The molecule has 0 aliphatic heterocycles. The Balaban J connectivity index is 2.55. The quantitative estimate of drug-likeness (QED) is 0.711. The molecule has 0 fully saturated rings. The van der Waals surface area contributed by atoms with Crippen LogP contribution >= 0.6 is 0 Å². The molecule has 1 rings (SSSR count). The maximum absolute atomic E-state index is 8.56. The highest BCUT2D eigenvalue weighted by atomic mass is 14.8. The lowest BCUT2D eigenvalue weighted by Crippen LogP contribution is -1.97. The van der Waals surface area contributed by atoms with Gasteiger partial charge in [-0.2, -0.15) is 5.26 Å². The Kier molecular flexibility index (Phi) is 3.59. The van der Waals surface area contributed by atoms with Gasteiger partial charge in [-0.3, -0.25) is 0 Å². The molecule has 0 bridgehead atoms. The van der Waals surface area contributed by atoms with Crippen LogP contribution < -0.4 is 5.32 Å². The van der Waals surface area contributed by atoms with E-state index in [-0.39, 0.29) is 0 Å². The molecule has 2 nitrogen and oxygen atoms in total. The normalized spacial score (nSPS) is 9.85. The van der Waals surface area contributed by atoms with Crippen LogP contribution in [0.25, 0.3) is 0 Å². The SMILES string of the molecule is C/C=C\CNc1ccc(C#N)cc1. The van der Waals surface area contributed by atoms with Gasteiger partial charge in [0, 0.05) is 12.2 Å². The van der Waals surface area contributed by atoms with Gasteiger partial charge in [-0.1, -0.05) is 12.2 Å². The van der Waals surface area contributed by atoms with E-state index in [2.05, 4.69) is 11.4 Å². The average molecular weight is 172 g/mol. The molecule has 0 amide bonds. The molecule has 0 saturated heterocycles. The van der Waals surface area contributed by atoms with Gasteiger partial charge < -0.3 is 5.32 Å². The second-order valence-corrected chi connectivity index (χ2v) is 2.64. The van der Waals surface area contributed by atoms with Crippen molar-refractivity contribution in [1.82, 2.24) is 0 Å². The van der Waals surface area contributed by atoms with Gasteiger partial charge in [-0.05, 0) is 31.2 Å². The van der Waals surface area contributed by atoms with Gasteiger partial charge in [0.2, 0.25) is 0 Å². The van der Waals surface area contributed by atoms with Crippen LogP contribution in [-0.4, -0.2) is 6.54 Å². The fourth-order valence-corrected chi connectivity index (χ4v) is 0.957. The van der Waals surface area contributed by atoms with E-state index in [1.165, 1.54) is 0 Å². The van der Waals surface area contributed by atoms with Crippen molar-refractivity contribution in [2.75, 3.05) is 11.9 Å². The van der Waals surface area contributed by atoms with Crippen molar-refractivity contribution in [1.29, 1.82) is 5.26 Å². The summed E-state index contributed by atoms with van der Waals surface area (Å²) in [5, 5.41) is 11.8. The first-order chi connectivity index (χ1) is 6.36. The van der Waals surface area contributed by atoms with Gasteiger partial charge in [0.25, 0.3) is 0 Å². The Morgan fingerprint density at radius 2 is 2.08 bits per heavy atom. The molecule has 13 heavy (non-hydrogen) atoms. The number of rotatable bonds is 3. The lowest BCUT2D eigenvalue weighted by atomic mass is 10.2. The zero-order valence-electron chi connectivity index (χ0n) is 7.62. The fourth-order valence-electron chi connectivity index (χ4n) is 0.957. The molecule has 0 radical (unpaired) electrons. The van der Waals surface area contributed by atoms with E-state index in [9.17, 15) is 0 Å². The maximum Gasteiger partial charge on any atom is 0.0991 e. The van der Waals surface area contributed by atoms with Crippen molar-refractivity contribution < 1.29 is 0 Å². The molecule has 1 aromatic carbocycles. The Hall–Kier alpha value is -1.75. The third-order valence-electron chi connectivity index (χ3n) is 1.67. The van der Waals surface area contributed by atoms with Gasteiger partial charge in [-0.25, -0.2) is 0 Å². The van der Waals surface area contributed by atoms with Crippen LogP contribution in [0.5, 0.6) is 0 Å². The van der Waals surface area contributed by atoms with E-state index in [1.807, 2.05) is 31.2 Å². The first-order valence-corrected chi connectivity index (χ1v) is 4.22. The summed E-state index contributed by atoms with van der Waals surface area (Å²) in [6.45, 7) is 2.81. The van der Waals surface area contributed by atoms with Crippen LogP contribution in [0.2, 0.25) is 0 Å². The highest BCUT2D eigenvalue weighted by molar-refractivity contribution is 5.47. The molecule has 0 heterocycles. The molecule has 1 aromatic rings.